The molecule has 0 radical (unpaired) electrons. The van der Waals surface area contributed by atoms with E-state index in [0.717, 1.165) is 6.42 Å². The summed E-state index contributed by atoms with van der Waals surface area (Å²) >= 11 is 0. The standard InChI is InChI=1S/C13H20FN/c1-4-11-5-7-12(8-6-11)13(14,9-15)10(2)3/h5-8,10H,4,9,15H2,1-3H3. The Morgan fingerprint density at radius 1 is 1.27 bits per heavy atom. The van der Waals surface area contributed by atoms with Crippen molar-refractivity contribution in [2.24, 2.45) is 11.7 Å². The van der Waals surface area contributed by atoms with E-state index in [2.05, 4.69) is 6.92 Å². The lowest BCUT2D eigenvalue weighted by Crippen LogP contribution is -2.35. The Morgan fingerprint density at radius 3 is 2.13 bits per heavy atom. The summed E-state index contributed by atoms with van der Waals surface area (Å²) in [6.45, 7) is 5.85. The molecule has 1 atom stereocenters. The minimum atomic E-state index is -1.40. The average Bonchev–Trinajstić information content (AvgIpc) is 2.28. The predicted octanol–water partition coefficient (Wildman–Crippen LogP) is 3.03. The minimum absolute atomic E-state index is 0.0378. The Labute approximate surface area is 91.5 Å². The van der Waals surface area contributed by atoms with Crippen LogP contribution < -0.4 is 5.73 Å². The second-order valence-electron chi connectivity index (χ2n) is 4.27. The molecule has 1 nitrogen and oxygen atoms in total. The zero-order chi connectivity index (χ0) is 11.5. The topological polar surface area (TPSA) is 26.0 Å². The summed E-state index contributed by atoms with van der Waals surface area (Å²) in [5, 5.41) is 0. The molecule has 0 saturated carbocycles. The third-order valence-corrected chi connectivity index (χ3v) is 3.05. The molecule has 2 heteroatoms. The van der Waals surface area contributed by atoms with Gasteiger partial charge in [-0.1, -0.05) is 45.0 Å². The van der Waals surface area contributed by atoms with Gasteiger partial charge in [-0.3, -0.25) is 0 Å². The van der Waals surface area contributed by atoms with Crippen LogP contribution in [0.25, 0.3) is 0 Å². The fraction of sp³-hybridized carbons (Fsp3) is 0.538. The Kier molecular flexibility index (Phi) is 3.86. The number of hydrogen-bond donors (Lipinski definition) is 1. The molecule has 15 heavy (non-hydrogen) atoms. The van der Waals surface area contributed by atoms with Crippen LogP contribution in [-0.2, 0) is 12.1 Å². The highest BCUT2D eigenvalue weighted by atomic mass is 19.1. The number of halogens is 1. The predicted molar refractivity (Wildman–Crippen MR) is 62.5 cm³/mol. The summed E-state index contributed by atoms with van der Waals surface area (Å²) in [6, 6.07) is 7.65. The monoisotopic (exact) mass is 209 g/mol. The van der Waals surface area contributed by atoms with E-state index in [1.165, 1.54) is 5.56 Å². The van der Waals surface area contributed by atoms with Gasteiger partial charge in [-0.05, 0) is 23.5 Å². The zero-order valence-corrected chi connectivity index (χ0v) is 9.76. The number of nitrogens with two attached hydrogens (primary N) is 1. The van der Waals surface area contributed by atoms with Crippen molar-refractivity contribution in [2.75, 3.05) is 6.54 Å². The first kappa shape index (κ1) is 12.2. The first-order valence-electron chi connectivity index (χ1n) is 5.53. The van der Waals surface area contributed by atoms with Crippen molar-refractivity contribution in [2.45, 2.75) is 32.9 Å². The summed E-state index contributed by atoms with van der Waals surface area (Å²) < 4.78 is 14.5. The van der Waals surface area contributed by atoms with E-state index in [9.17, 15) is 4.39 Å². The summed E-state index contributed by atoms with van der Waals surface area (Å²) in [6.07, 6.45) is 0.976. The molecule has 0 aromatic heterocycles. The summed E-state index contributed by atoms with van der Waals surface area (Å²) in [5.41, 5.74) is 6.05. The van der Waals surface area contributed by atoms with Gasteiger partial charge in [0, 0.05) is 6.54 Å². The molecule has 1 aromatic rings. The highest BCUT2D eigenvalue weighted by molar-refractivity contribution is 5.28. The van der Waals surface area contributed by atoms with Gasteiger partial charge in [-0.25, -0.2) is 4.39 Å². The molecule has 0 heterocycles. The SMILES string of the molecule is CCc1ccc(C(F)(CN)C(C)C)cc1. The summed E-state index contributed by atoms with van der Waals surface area (Å²) in [5.74, 6) is -0.102. The largest absolute Gasteiger partial charge is 0.327 e. The zero-order valence-electron chi connectivity index (χ0n) is 9.76. The van der Waals surface area contributed by atoms with Crippen LogP contribution in [0, 0.1) is 5.92 Å². The molecule has 0 aliphatic rings. The number of alkyl halides is 1. The molecular weight excluding hydrogens is 189 g/mol. The molecule has 0 aliphatic carbocycles. The quantitative estimate of drug-likeness (QED) is 0.810. The maximum atomic E-state index is 14.5. The van der Waals surface area contributed by atoms with Gasteiger partial charge in [0.1, 0.15) is 5.67 Å². The van der Waals surface area contributed by atoms with Crippen LogP contribution in [0.15, 0.2) is 24.3 Å². The average molecular weight is 209 g/mol. The molecule has 0 fully saturated rings. The van der Waals surface area contributed by atoms with E-state index in [1.54, 1.807) is 0 Å². The number of hydrogen-bond acceptors (Lipinski definition) is 1. The van der Waals surface area contributed by atoms with Crippen LogP contribution in [-0.4, -0.2) is 6.54 Å². The molecule has 1 unspecified atom stereocenters. The van der Waals surface area contributed by atoms with Crippen molar-refractivity contribution in [3.63, 3.8) is 0 Å². The summed E-state index contributed by atoms with van der Waals surface area (Å²) in [4.78, 5) is 0. The van der Waals surface area contributed by atoms with Crippen molar-refractivity contribution >= 4 is 0 Å². The lowest BCUT2D eigenvalue weighted by atomic mass is 9.85. The molecule has 0 aliphatic heterocycles. The maximum absolute atomic E-state index is 14.5. The smallest absolute Gasteiger partial charge is 0.150 e. The van der Waals surface area contributed by atoms with Crippen molar-refractivity contribution in [1.29, 1.82) is 0 Å². The van der Waals surface area contributed by atoms with Crippen molar-refractivity contribution in [3.8, 4) is 0 Å². The minimum Gasteiger partial charge on any atom is -0.327 e. The van der Waals surface area contributed by atoms with Crippen molar-refractivity contribution in [1.82, 2.24) is 0 Å². The van der Waals surface area contributed by atoms with Gasteiger partial charge in [0.15, 0.2) is 0 Å². The second kappa shape index (κ2) is 4.75. The van der Waals surface area contributed by atoms with E-state index < -0.39 is 5.67 Å². The van der Waals surface area contributed by atoms with Gasteiger partial charge in [0.05, 0.1) is 0 Å². The molecule has 84 valence electrons. The van der Waals surface area contributed by atoms with Gasteiger partial charge in [-0.15, -0.1) is 0 Å². The second-order valence-corrected chi connectivity index (χ2v) is 4.27. The number of benzene rings is 1. The molecule has 0 amide bonds. The van der Waals surface area contributed by atoms with Gasteiger partial charge >= 0.3 is 0 Å². The van der Waals surface area contributed by atoms with E-state index in [-0.39, 0.29) is 12.5 Å². The van der Waals surface area contributed by atoms with Crippen LogP contribution in [0.3, 0.4) is 0 Å². The molecule has 1 rings (SSSR count). The highest BCUT2D eigenvalue weighted by Crippen LogP contribution is 2.33. The van der Waals surface area contributed by atoms with Crippen molar-refractivity contribution in [3.05, 3.63) is 35.4 Å². The van der Waals surface area contributed by atoms with E-state index >= 15 is 0 Å². The maximum Gasteiger partial charge on any atom is 0.150 e. The third-order valence-electron chi connectivity index (χ3n) is 3.05. The number of rotatable bonds is 4. The lowest BCUT2D eigenvalue weighted by molar-refractivity contribution is 0.109. The molecule has 0 saturated heterocycles. The van der Waals surface area contributed by atoms with E-state index in [1.807, 2.05) is 38.1 Å². The Bertz CT molecular complexity index is 305. The lowest BCUT2D eigenvalue weighted by Gasteiger charge is -2.28. The Balaban J connectivity index is 3.03. The fourth-order valence-corrected chi connectivity index (χ4v) is 1.70. The first-order chi connectivity index (χ1) is 7.04. The van der Waals surface area contributed by atoms with E-state index in [4.69, 9.17) is 5.73 Å². The van der Waals surface area contributed by atoms with Gasteiger partial charge in [0.25, 0.3) is 0 Å². The summed E-state index contributed by atoms with van der Waals surface area (Å²) in [7, 11) is 0. The van der Waals surface area contributed by atoms with E-state index in [0.29, 0.717) is 5.56 Å². The molecular formula is C13H20FN. The van der Waals surface area contributed by atoms with Crippen LogP contribution in [0.1, 0.15) is 31.9 Å². The third kappa shape index (κ3) is 2.37. The van der Waals surface area contributed by atoms with Crippen molar-refractivity contribution < 1.29 is 4.39 Å². The normalized spacial score (nSPS) is 15.3. The highest BCUT2D eigenvalue weighted by Gasteiger charge is 2.33. The molecule has 1 aromatic carbocycles. The van der Waals surface area contributed by atoms with Gasteiger partial charge < -0.3 is 5.73 Å². The van der Waals surface area contributed by atoms with Crippen LogP contribution in [0.2, 0.25) is 0 Å². The first-order valence-corrected chi connectivity index (χ1v) is 5.53. The fourth-order valence-electron chi connectivity index (χ4n) is 1.70. The van der Waals surface area contributed by atoms with Gasteiger partial charge in [0.2, 0.25) is 0 Å². The van der Waals surface area contributed by atoms with Crippen LogP contribution >= 0.6 is 0 Å². The number of aryl methyl sites for hydroxylation is 1. The van der Waals surface area contributed by atoms with Gasteiger partial charge in [-0.2, -0.15) is 0 Å². The molecule has 2 N–H and O–H groups in total. The Hall–Kier alpha value is -0.890. The molecule has 0 spiro atoms. The van der Waals surface area contributed by atoms with Crippen LogP contribution in [0.4, 0.5) is 4.39 Å². The Morgan fingerprint density at radius 2 is 1.80 bits per heavy atom. The van der Waals surface area contributed by atoms with Crippen LogP contribution in [0.5, 0.6) is 0 Å². The molecule has 0 bridgehead atoms.